The summed E-state index contributed by atoms with van der Waals surface area (Å²) in [5.41, 5.74) is 2.34. The largest absolute Gasteiger partial charge is 0.492 e. The molecular formula is C20H20FN3O2. The van der Waals surface area contributed by atoms with Crippen LogP contribution in [0.5, 0.6) is 5.75 Å². The predicted molar refractivity (Wildman–Crippen MR) is 95.2 cm³/mol. The highest BCUT2D eigenvalue weighted by atomic mass is 19.1. The molecule has 0 N–H and O–H groups in total. The maximum atomic E-state index is 13.8. The minimum Gasteiger partial charge on any atom is -0.492 e. The topological polar surface area (TPSA) is 51.4 Å². The van der Waals surface area contributed by atoms with Crippen LogP contribution in [0.25, 0.3) is 11.4 Å². The molecule has 134 valence electrons. The Labute approximate surface area is 151 Å². The highest BCUT2D eigenvalue weighted by Gasteiger charge is 2.25. The van der Waals surface area contributed by atoms with Crippen molar-refractivity contribution in [1.29, 1.82) is 0 Å². The Kier molecular flexibility index (Phi) is 4.42. The summed E-state index contributed by atoms with van der Waals surface area (Å²) in [4.78, 5) is 6.72. The number of para-hydroxylation sites is 1. The maximum absolute atomic E-state index is 13.8. The summed E-state index contributed by atoms with van der Waals surface area (Å²) in [6, 6.07) is 12.9. The summed E-state index contributed by atoms with van der Waals surface area (Å²) < 4.78 is 25.1. The molecule has 0 bridgehead atoms. The van der Waals surface area contributed by atoms with Gasteiger partial charge in [0.2, 0.25) is 11.7 Å². The van der Waals surface area contributed by atoms with E-state index in [9.17, 15) is 4.39 Å². The number of hydrogen-bond donors (Lipinski definition) is 0. The molecule has 0 saturated carbocycles. The third-order valence-electron chi connectivity index (χ3n) is 4.76. The minimum absolute atomic E-state index is 0.0682. The van der Waals surface area contributed by atoms with Gasteiger partial charge in [0.25, 0.3) is 0 Å². The van der Waals surface area contributed by atoms with Crippen molar-refractivity contribution < 1.29 is 13.7 Å². The molecule has 4 rings (SSSR count). The summed E-state index contributed by atoms with van der Waals surface area (Å²) >= 11 is 0. The third-order valence-corrected chi connectivity index (χ3v) is 4.76. The van der Waals surface area contributed by atoms with Gasteiger partial charge < -0.3 is 9.26 Å². The Balaban J connectivity index is 1.56. The van der Waals surface area contributed by atoms with Crippen LogP contribution in [0.2, 0.25) is 0 Å². The first-order valence-corrected chi connectivity index (χ1v) is 8.66. The van der Waals surface area contributed by atoms with Crippen LogP contribution in [-0.2, 0) is 6.54 Å². The molecule has 1 atom stereocenters. The van der Waals surface area contributed by atoms with Gasteiger partial charge in [-0.15, -0.1) is 0 Å². The molecule has 0 fully saturated rings. The van der Waals surface area contributed by atoms with Crippen LogP contribution in [-0.4, -0.2) is 28.2 Å². The van der Waals surface area contributed by atoms with Gasteiger partial charge in [-0.25, -0.2) is 4.39 Å². The average Bonchev–Trinajstić information content (AvgIpc) is 3.04. The van der Waals surface area contributed by atoms with Gasteiger partial charge in [0, 0.05) is 24.2 Å². The first-order chi connectivity index (χ1) is 12.6. The fourth-order valence-electron chi connectivity index (χ4n) is 3.09. The number of nitrogens with zero attached hydrogens (tertiary/aromatic N) is 3. The Morgan fingerprint density at radius 1 is 1.19 bits per heavy atom. The summed E-state index contributed by atoms with van der Waals surface area (Å²) in [7, 11) is 0. The molecule has 0 radical (unpaired) electrons. The van der Waals surface area contributed by atoms with Gasteiger partial charge in [-0.3, -0.25) is 4.90 Å². The van der Waals surface area contributed by atoms with E-state index in [1.165, 1.54) is 6.07 Å². The number of rotatable bonds is 3. The van der Waals surface area contributed by atoms with E-state index in [1.807, 2.05) is 25.1 Å². The summed E-state index contributed by atoms with van der Waals surface area (Å²) in [5, 5.41) is 4.03. The highest BCUT2D eigenvalue weighted by Crippen LogP contribution is 2.29. The number of aromatic nitrogens is 2. The third kappa shape index (κ3) is 3.20. The van der Waals surface area contributed by atoms with E-state index < -0.39 is 0 Å². The molecular weight excluding hydrogens is 333 g/mol. The lowest BCUT2D eigenvalue weighted by Gasteiger charge is -2.23. The highest BCUT2D eigenvalue weighted by molar-refractivity contribution is 5.55. The Morgan fingerprint density at radius 3 is 2.88 bits per heavy atom. The maximum Gasteiger partial charge on any atom is 0.244 e. The van der Waals surface area contributed by atoms with E-state index in [0.717, 1.165) is 24.4 Å². The van der Waals surface area contributed by atoms with E-state index in [2.05, 4.69) is 21.1 Å². The fourth-order valence-corrected chi connectivity index (χ4v) is 3.09. The summed E-state index contributed by atoms with van der Waals surface area (Å²) in [5.74, 6) is 1.56. The second kappa shape index (κ2) is 6.88. The van der Waals surface area contributed by atoms with E-state index in [-0.39, 0.29) is 11.9 Å². The van der Waals surface area contributed by atoms with Gasteiger partial charge in [-0.2, -0.15) is 4.98 Å². The number of ether oxygens (including phenoxy) is 1. The molecule has 1 aliphatic rings. The van der Waals surface area contributed by atoms with E-state index in [0.29, 0.717) is 29.4 Å². The van der Waals surface area contributed by atoms with Gasteiger partial charge in [-0.1, -0.05) is 35.5 Å². The molecule has 0 spiro atoms. The fraction of sp³-hybridized carbons (Fsp3) is 0.300. The molecule has 0 saturated heterocycles. The molecule has 1 aromatic heterocycles. The number of benzene rings is 2. The second-order valence-electron chi connectivity index (χ2n) is 6.52. The van der Waals surface area contributed by atoms with Crippen molar-refractivity contribution in [1.82, 2.24) is 15.0 Å². The van der Waals surface area contributed by atoms with Crippen molar-refractivity contribution in [3.8, 4) is 17.1 Å². The number of fused-ring (bicyclic) bond motifs is 1. The number of halogens is 1. The van der Waals surface area contributed by atoms with E-state index in [4.69, 9.17) is 9.26 Å². The molecule has 2 aromatic carbocycles. The molecule has 5 nitrogen and oxygen atoms in total. The molecule has 2 heterocycles. The second-order valence-corrected chi connectivity index (χ2v) is 6.52. The zero-order chi connectivity index (χ0) is 18.1. The van der Waals surface area contributed by atoms with Gasteiger partial charge in [0.1, 0.15) is 18.2 Å². The quantitative estimate of drug-likeness (QED) is 0.708. The van der Waals surface area contributed by atoms with Gasteiger partial charge in [0.15, 0.2) is 0 Å². The van der Waals surface area contributed by atoms with Crippen molar-refractivity contribution in [2.75, 3.05) is 13.2 Å². The standard InChI is InChI=1S/C20H20FN3O2/c1-13-7-8-15(11-17(13)21)19-22-20(26-23-19)14(2)24-9-10-25-18-6-4-3-5-16(18)12-24/h3-8,11,14H,9-10,12H2,1-2H3. The molecule has 0 aliphatic carbocycles. The predicted octanol–water partition coefficient (Wildman–Crippen LogP) is 4.14. The zero-order valence-corrected chi connectivity index (χ0v) is 14.8. The van der Waals surface area contributed by atoms with Crippen LogP contribution < -0.4 is 4.74 Å². The Hall–Kier alpha value is -2.73. The van der Waals surface area contributed by atoms with Crippen LogP contribution in [0.1, 0.15) is 30.0 Å². The summed E-state index contributed by atoms with van der Waals surface area (Å²) in [6.45, 7) is 5.86. The zero-order valence-electron chi connectivity index (χ0n) is 14.8. The lowest BCUT2D eigenvalue weighted by atomic mass is 10.1. The smallest absolute Gasteiger partial charge is 0.244 e. The van der Waals surface area contributed by atoms with Crippen molar-refractivity contribution in [3.63, 3.8) is 0 Å². The first-order valence-electron chi connectivity index (χ1n) is 8.66. The van der Waals surface area contributed by atoms with Gasteiger partial charge >= 0.3 is 0 Å². The van der Waals surface area contributed by atoms with Gasteiger partial charge in [-0.05, 0) is 31.5 Å². The van der Waals surface area contributed by atoms with Crippen LogP contribution in [0.3, 0.4) is 0 Å². The van der Waals surface area contributed by atoms with E-state index >= 15 is 0 Å². The van der Waals surface area contributed by atoms with Gasteiger partial charge in [0.05, 0.1) is 6.04 Å². The molecule has 6 heteroatoms. The SMILES string of the molecule is Cc1ccc(-c2noc(C(C)N3CCOc4ccccc4C3)n2)cc1F. The first kappa shape index (κ1) is 16.7. The molecule has 0 amide bonds. The Morgan fingerprint density at radius 2 is 2.04 bits per heavy atom. The Bertz CT molecular complexity index is 925. The number of aryl methyl sites for hydroxylation is 1. The van der Waals surface area contributed by atoms with Crippen LogP contribution >= 0.6 is 0 Å². The monoisotopic (exact) mass is 353 g/mol. The normalized spacial score (nSPS) is 15.8. The average molecular weight is 353 g/mol. The molecule has 1 aliphatic heterocycles. The van der Waals surface area contributed by atoms with Crippen LogP contribution in [0.15, 0.2) is 47.0 Å². The van der Waals surface area contributed by atoms with Crippen LogP contribution in [0, 0.1) is 12.7 Å². The van der Waals surface area contributed by atoms with Crippen molar-refractivity contribution in [2.24, 2.45) is 0 Å². The van der Waals surface area contributed by atoms with Crippen molar-refractivity contribution in [3.05, 3.63) is 65.3 Å². The van der Waals surface area contributed by atoms with Crippen molar-refractivity contribution >= 4 is 0 Å². The molecule has 26 heavy (non-hydrogen) atoms. The van der Waals surface area contributed by atoms with Crippen molar-refractivity contribution in [2.45, 2.75) is 26.4 Å². The lowest BCUT2D eigenvalue weighted by Crippen LogP contribution is -2.29. The summed E-state index contributed by atoms with van der Waals surface area (Å²) in [6.07, 6.45) is 0. The van der Waals surface area contributed by atoms with E-state index in [1.54, 1.807) is 19.1 Å². The van der Waals surface area contributed by atoms with Crippen LogP contribution in [0.4, 0.5) is 4.39 Å². The molecule has 3 aromatic rings. The molecule has 1 unspecified atom stereocenters. The number of hydrogen-bond acceptors (Lipinski definition) is 5. The lowest BCUT2D eigenvalue weighted by molar-refractivity contribution is 0.151. The minimum atomic E-state index is -0.275.